The van der Waals surface area contributed by atoms with Crippen LogP contribution < -0.4 is 11.1 Å². The average molecular weight is 262 g/mol. The quantitative estimate of drug-likeness (QED) is 0.773. The Morgan fingerprint density at radius 1 is 1.21 bits per heavy atom. The molecule has 108 valence electrons. The van der Waals surface area contributed by atoms with Crippen LogP contribution in [0.5, 0.6) is 0 Å². The number of hydrogen-bond acceptors (Lipinski definition) is 2. The third-order valence-corrected chi connectivity index (χ3v) is 3.56. The summed E-state index contributed by atoms with van der Waals surface area (Å²) in [5, 5.41) is 3.46. The maximum atomic E-state index is 5.73. The van der Waals surface area contributed by atoms with Crippen molar-refractivity contribution in [2.45, 2.75) is 58.9 Å². The normalized spacial score (nSPS) is 13.6. The molecule has 2 heteroatoms. The standard InChI is InChI=1S/C17H30N2/c1-13-12-16(17(3,4)5)7-6-15(13)9-11-19-10-8-14(2)18/h6-7,12,14,19H,8-11,18H2,1-5H3. The lowest BCUT2D eigenvalue weighted by molar-refractivity contribution is 0.585. The third-order valence-electron chi connectivity index (χ3n) is 3.56. The summed E-state index contributed by atoms with van der Waals surface area (Å²) in [7, 11) is 0. The van der Waals surface area contributed by atoms with Crippen molar-refractivity contribution >= 4 is 0 Å². The first-order valence-electron chi connectivity index (χ1n) is 7.37. The molecular formula is C17H30N2. The number of hydrogen-bond donors (Lipinski definition) is 2. The van der Waals surface area contributed by atoms with E-state index >= 15 is 0 Å². The van der Waals surface area contributed by atoms with E-state index < -0.39 is 0 Å². The van der Waals surface area contributed by atoms with Gasteiger partial charge in [-0.15, -0.1) is 0 Å². The molecule has 2 nitrogen and oxygen atoms in total. The molecule has 0 amide bonds. The van der Waals surface area contributed by atoms with Crippen LogP contribution in [0.3, 0.4) is 0 Å². The predicted molar refractivity (Wildman–Crippen MR) is 84.7 cm³/mol. The van der Waals surface area contributed by atoms with E-state index in [2.05, 4.69) is 58.1 Å². The summed E-state index contributed by atoms with van der Waals surface area (Å²) in [5.74, 6) is 0. The summed E-state index contributed by atoms with van der Waals surface area (Å²) in [4.78, 5) is 0. The van der Waals surface area contributed by atoms with Gasteiger partial charge in [0.05, 0.1) is 0 Å². The number of nitrogens with two attached hydrogens (primary N) is 1. The van der Waals surface area contributed by atoms with E-state index in [4.69, 9.17) is 5.73 Å². The molecule has 0 aliphatic heterocycles. The van der Waals surface area contributed by atoms with Gasteiger partial charge < -0.3 is 11.1 Å². The van der Waals surface area contributed by atoms with E-state index in [1.165, 1.54) is 16.7 Å². The van der Waals surface area contributed by atoms with E-state index in [1.807, 2.05) is 0 Å². The zero-order valence-electron chi connectivity index (χ0n) is 13.2. The Hall–Kier alpha value is -0.860. The van der Waals surface area contributed by atoms with Crippen molar-refractivity contribution in [2.75, 3.05) is 13.1 Å². The predicted octanol–water partition coefficient (Wildman–Crippen LogP) is 3.16. The Morgan fingerprint density at radius 2 is 1.89 bits per heavy atom. The molecule has 0 saturated heterocycles. The molecule has 0 bridgehead atoms. The van der Waals surface area contributed by atoms with Gasteiger partial charge in [-0.25, -0.2) is 0 Å². The number of aryl methyl sites for hydroxylation is 1. The van der Waals surface area contributed by atoms with E-state index in [0.717, 1.165) is 25.9 Å². The van der Waals surface area contributed by atoms with Crippen LogP contribution in [0.15, 0.2) is 18.2 Å². The van der Waals surface area contributed by atoms with Crippen molar-refractivity contribution in [3.8, 4) is 0 Å². The molecule has 0 fully saturated rings. The summed E-state index contributed by atoms with van der Waals surface area (Å²) in [5.41, 5.74) is 10.2. The lowest BCUT2D eigenvalue weighted by atomic mass is 9.85. The van der Waals surface area contributed by atoms with Gasteiger partial charge in [0.2, 0.25) is 0 Å². The van der Waals surface area contributed by atoms with E-state index in [-0.39, 0.29) is 5.41 Å². The van der Waals surface area contributed by atoms with Crippen LogP contribution in [-0.2, 0) is 11.8 Å². The first-order chi connectivity index (χ1) is 8.80. The van der Waals surface area contributed by atoms with Crippen LogP contribution in [0, 0.1) is 6.92 Å². The van der Waals surface area contributed by atoms with Gasteiger partial charge in [0.1, 0.15) is 0 Å². The molecule has 0 aliphatic carbocycles. The van der Waals surface area contributed by atoms with Gasteiger partial charge in [-0.1, -0.05) is 39.0 Å². The summed E-state index contributed by atoms with van der Waals surface area (Å²) in [6.07, 6.45) is 2.14. The maximum absolute atomic E-state index is 5.73. The highest BCUT2D eigenvalue weighted by molar-refractivity contribution is 5.34. The fraction of sp³-hybridized carbons (Fsp3) is 0.647. The van der Waals surface area contributed by atoms with E-state index in [1.54, 1.807) is 0 Å². The molecule has 1 rings (SSSR count). The highest BCUT2D eigenvalue weighted by Gasteiger charge is 2.14. The molecule has 0 aliphatic rings. The Kier molecular flexibility index (Phi) is 6.02. The number of rotatable bonds is 6. The summed E-state index contributed by atoms with van der Waals surface area (Å²) >= 11 is 0. The van der Waals surface area contributed by atoms with Crippen molar-refractivity contribution in [1.29, 1.82) is 0 Å². The van der Waals surface area contributed by atoms with Crippen molar-refractivity contribution in [3.05, 3.63) is 34.9 Å². The van der Waals surface area contributed by atoms with Gasteiger partial charge in [0.25, 0.3) is 0 Å². The van der Waals surface area contributed by atoms with Crippen molar-refractivity contribution in [3.63, 3.8) is 0 Å². The second-order valence-corrected chi connectivity index (χ2v) is 6.66. The van der Waals surface area contributed by atoms with Crippen LogP contribution in [0.25, 0.3) is 0 Å². The molecule has 3 N–H and O–H groups in total. The van der Waals surface area contributed by atoms with Gasteiger partial charge in [-0.05, 0) is 61.9 Å². The topological polar surface area (TPSA) is 38.0 Å². The fourth-order valence-electron chi connectivity index (χ4n) is 2.12. The van der Waals surface area contributed by atoms with Crippen molar-refractivity contribution < 1.29 is 0 Å². The molecule has 0 radical (unpaired) electrons. The fourth-order valence-corrected chi connectivity index (χ4v) is 2.12. The monoisotopic (exact) mass is 262 g/mol. The molecule has 0 aromatic heterocycles. The third kappa shape index (κ3) is 5.75. The molecule has 0 spiro atoms. The second-order valence-electron chi connectivity index (χ2n) is 6.66. The van der Waals surface area contributed by atoms with Crippen LogP contribution >= 0.6 is 0 Å². The first-order valence-corrected chi connectivity index (χ1v) is 7.37. The number of benzene rings is 1. The van der Waals surface area contributed by atoms with Gasteiger partial charge in [-0.3, -0.25) is 0 Å². The van der Waals surface area contributed by atoms with Crippen LogP contribution in [0.2, 0.25) is 0 Å². The van der Waals surface area contributed by atoms with Gasteiger partial charge in [0.15, 0.2) is 0 Å². The van der Waals surface area contributed by atoms with Gasteiger partial charge >= 0.3 is 0 Å². The van der Waals surface area contributed by atoms with E-state index in [0.29, 0.717) is 6.04 Å². The lowest BCUT2D eigenvalue weighted by Crippen LogP contribution is -2.25. The van der Waals surface area contributed by atoms with E-state index in [9.17, 15) is 0 Å². The Labute approximate surface area is 118 Å². The zero-order chi connectivity index (χ0) is 14.5. The molecule has 1 unspecified atom stereocenters. The van der Waals surface area contributed by atoms with Crippen LogP contribution in [0.4, 0.5) is 0 Å². The molecule has 0 saturated carbocycles. The molecular weight excluding hydrogens is 232 g/mol. The lowest BCUT2D eigenvalue weighted by Gasteiger charge is -2.20. The minimum absolute atomic E-state index is 0.235. The molecule has 1 aromatic rings. The molecule has 19 heavy (non-hydrogen) atoms. The van der Waals surface area contributed by atoms with Gasteiger partial charge in [-0.2, -0.15) is 0 Å². The maximum Gasteiger partial charge on any atom is 0.00225 e. The molecule has 1 atom stereocenters. The second kappa shape index (κ2) is 7.06. The summed E-state index contributed by atoms with van der Waals surface area (Å²) in [6.45, 7) is 13.1. The summed E-state index contributed by atoms with van der Waals surface area (Å²) < 4.78 is 0. The number of nitrogens with one attached hydrogen (secondary N) is 1. The SMILES string of the molecule is Cc1cc(C(C)(C)C)ccc1CCNCCC(C)N. The smallest absolute Gasteiger partial charge is 0.00225 e. The molecule has 1 aromatic carbocycles. The highest BCUT2D eigenvalue weighted by atomic mass is 14.8. The minimum atomic E-state index is 0.235. The summed E-state index contributed by atoms with van der Waals surface area (Å²) in [6, 6.07) is 7.17. The Morgan fingerprint density at radius 3 is 2.42 bits per heavy atom. The van der Waals surface area contributed by atoms with Crippen LogP contribution in [-0.4, -0.2) is 19.1 Å². The minimum Gasteiger partial charge on any atom is -0.328 e. The highest BCUT2D eigenvalue weighted by Crippen LogP contribution is 2.24. The zero-order valence-corrected chi connectivity index (χ0v) is 13.2. The Balaban J connectivity index is 2.47. The van der Waals surface area contributed by atoms with Crippen molar-refractivity contribution in [2.24, 2.45) is 5.73 Å². The average Bonchev–Trinajstić information content (AvgIpc) is 2.28. The van der Waals surface area contributed by atoms with Crippen LogP contribution in [0.1, 0.15) is 50.8 Å². The molecule has 0 heterocycles. The largest absolute Gasteiger partial charge is 0.328 e. The van der Waals surface area contributed by atoms with Gasteiger partial charge in [0, 0.05) is 6.04 Å². The first kappa shape index (κ1) is 16.2. The van der Waals surface area contributed by atoms with Crippen molar-refractivity contribution in [1.82, 2.24) is 5.32 Å². The Bertz CT molecular complexity index is 389.